The van der Waals surface area contributed by atoms with Gasteiger partial charge in [-0.1, -0.05) is 19.1 Å². The molecule has 0 fully saturated rings. The van der Waals surface area contributed by atoms with Crippen molar-refractivity contribution < 1.29 is 4.39 Å². The van der Waals surface area contributed by atoms with Crippen molar-refractivity contribution >= 4 is 11.6 Å². The molecule has 1 aromatic rings. The fourth-order valence-electron chi connectivity index (χ4n) is 0.831. The first-order valence-electron chi connectivity index (χ1n) is 3.38. The molecule has 0 heterocycles. The van der Waals surface area contributed by atoms with E-state index in [2.05, 4.69) is 0 Å². The van der Waals surface area contributed by atoms with Crippen molar-refractivity contribution in [3.8, 4) is 0 Å². The average molecular weight is 172 g/mol. The molecule has 0 saturated heterocycles. The number of rotatable bonds is 2. The predicted octanol–water partition coefficient (Wildman–Crippen LogP) is 3.01. The maximum atomic E-state index is 12.6. The van der Waals surface area contributed by atoms with Crippen LogP contribution < -0.4 is 0 Å². The molecule has 1 radical (unpaired) electrons. The second kappa shape index (κ2) is 3.72. The fourth-order valence-corrected chi connectivity index (χ4v) is 0.985. The Bertz CT molecular complexity index is 235. The van der Waals surface area contributed by atoms with Crippen LogP contribution in [0.15, 0.2) is 24.3 Å². The van der Waals surface area contributed by atoms with E-state index in [1.807, 2.05) is 13.0 Å². The van der Waals surface area contributed by atoms with Gasteiger partial charge in [-0.25, -0.2) is 4.39 Å². The Labute approximate surface area is 71.0 Å². The molecule has 11 heavy (non-hydrogen) atoms. The molecule has 0 unspecified atom stereocenters. The van der Waals surface area contributed by atoms with Gasteiger partial charge in [0, 0.05) is 11.8 Å². The van der Waals surface area contributed by atoms with Gasteiger partial charge in [-0.15, -0.1) is 11.6 Å². The third kappa shape index (κ3) is 2.19. The monoisotopic (exact) mass is 171 g/mol. The van der Waals surface area contributed by atoms with E-state index < -0.39 is 0 Å². The lowest BCUT2D eigenvalue weighted by Crippen LogP contribution is -1.95. The molecule has 0 aromatic heterocycles. The van der Waals surface area contributed by atoms with E-state index in [1.54, 1.807) is 6.07 Å². The van der Waals surface area contributed by atoms with Crippen LogP contribution in [0.4, 0.5) is 4.39 Å². The number of benzene rings is 1. The van der Waals surface area contributed by atoms with Crippen molar-refractivity contribution in [2.24, 2.45) is 0 Å². The van der Waals surface area contributed by atoms with Gasteiger partial charge in [-0.2, -0.15) is 0 Å². The Morgan fingerprint density at radius 2 is 2.27 bits per heavy atom. The van der Waals surface area contributed by atoms with E-state index >= 15 is 0 Å². The highest BCUT2D eigenvalue weighted by Gasteiger charge is 2.03. The van der Waals surface area contributed by atoms with E-state index in [-0.39, 0.29) is 5.82 Å². The zero-order chi connectivity index (χ0) is 8.27. The van der Waals surface area contributed by atoms with E-state index in [0.717, 1.165) is 11.5 Å². The van der Waals surface area contributed by atoms with Gasteiger partial charge in [0.15, 0.2) is 0 Å². The molecular weight excluding hydrogens is 163 g/mol. The molecule has 0 aliphatic heterocycles. The molecule has 1 aromatic carbocycles. The first-order valence-corrected chi connectivity index (χ1v) is 3.92. The minimum Gasteiger partial charge on any atom is -0.207 e. The summed E-state index contributed by atoms with van der Waals surface area (Å²) in [7, 11) is 0. The van der Waals surface area contributed by atoms with Gasteiger partial charge in [0.25, 0.3) is 0 Å². The van der Waals surface area contributed by atoms with E-state index in [0.29, 0.717) is 5.88 Å². The van der Waals surface area contributed by atoms with Crippen LogP contribution in [0.3, 0.4) is 0 Å². The summed E-state index contributed by atoms with van der Waals surface area (Å²) < 4.78 is 12.6. The molecule has 0 aliphatic rings. The highest BCUT2D eigenvalue weighted by Crippen LogP contribution is 2.15. The van der Waals surface area contributed by atoms with E-state index in [4.69, 9.17) is 11.6 Å². The van der Waals surface area contributed by atoms with Gasteiger partial charge in [-0.3, -0.25) is 0 Å². The fraction of sp³-hybridized carbons (Fsp3) is 0.222. The summed E-state index contributed by atoms with van der Waals surface area (Å²) in [6, 6.07) is 6.43. The molecule has 0 atom stereocenters. The number of hydrogen-bond acceptors (Lipinski definition) is 0. The Morgan fingerprint density at radius 3 is 2.82 bits per heavy atom. The highest BCUT2D eigenvalue weighted by atomic mass is 35.5. The second-order valence-electron chi connectivity index (χ2n) is 2.42. The third-order valence-electron chi connectivity index (χ3n) is 1.52. The first-order chi connectivity index (χ1) is 5.24. The minimum absolute atomic E-state index is 0.216. The topological polar surface area (TPSA) is 0 Å². The van der Waals surface area contributed by atoms with Gasteiger partial charge in [0.2, 0.25) is 0 Å². The molecule has 0 aliphatic carbocycles. The van der Waals surface area contributed by atoms with Crippen LogP contribution in [0.1, 0.15) is 12.5 Å². The summed E-state index contributed by atoms with van der Waals surface area (Å²) in [6.07, 6.45) is 0. The van der Waals surface area contributed by atoms with Gasteiger partial charge in [0.05, 0.1) is 0 Å². The van der Waals surface area contributed by atoms with Crippen LogP contribution in [-0.4, -0.2) is 5.88 Å². The largest absolute Gasteiger partial charge is 0.207 e. The summed E-state index contributed by atoms with van der Waals surface area (Å²) in [6.45, 7) is 1.89. The molecule has 0 bridgehead atoms. The van der Waals surface area contributed by atoms with Crippen LogP contribution in [0.25, 0.3) is 0 Å². The lowest BCUT2D eigenvalue weighted by Gasteiger charge is -2.05. The predicted molar refractivity (Wildman–Crippen MR) is 45.1 cm³/mol. The van der Waals surface area contributed by atoms with Crippen LogP contribution in [-0.2, 0) is 0 Å². The van der Waals surface area contributed by atoms with Crippen molar-refractivity contribution in [1.29, 1.82) is 0 Å². The average Bonchev–Trinajstić information content (AvgIpc) is 2.03. The van der Waals surface area contributed by atoms with Crippen LogP contribution >= 0.6 is 11.6 Å². The molecule has 59 valence electrons. The maximum Gasteiger partial charge on any atom is 0.123 e. The Balaban J connectivity index is 2.86. The molecule has 0 N–H and O–H groups in total. The van der Waals surface area contributed by atoms with Crippen LogP contribution in [0.5, 0.6) is 0 Å². The van der Waals surface area contributed by atoms with Gasteiger partial charge in [-0.05, 0) is 17.7 Å². The van der Waals surface area contributed by atoms with Gasteiger partial charge < -0.3 is 0 Å². The zero-order valence-electron chi connectivity index (χ0n) is 6.27. The Kier molecular flexibility index (Phi) is 2.89. The summed E-state index contributed by atoms with van der Waals surface area (Å²) in [4.78, 5) is 0. The van der Waals surface area contributed by atoms with Crippen molar-refractivity contribution in [2.75, 3.05) is 5.88 Å². The number of hydrogen-bond donors (Lipinski definition) is 0. The Morgan fingerprint density at radius 1 is 1.55 bits per heavy atom. The summed E-state index contributed by atoms with van der Waals surface area (Å²) in [5, 5.41) is 0. The van der Waals surface area contributed by atoms with Crippen LogP contribution in [0.2, 0.25) is 0 Å². The zero-order valence-corrected chi connectivity index (χ0v) is 7.03. The van der Waals surface area contributed by atoms with Crippen LogP contribution in [0, 0.1) is 11.7 Å². The SMILES string of the molecule is C[C](CCl)c1cccc(F)c1. The molecule has 1 rings (SSSR count). The number of halogens is 2. The molecule has 0 amide bonds. The molecule has 2 heteroatoms. The van der Waals surface area contributed by atoms with Gasteiger partial charge >= 0.3 is 0 Å². The smallest absolute Gasteiger partial charge is 0.123 e. The quantitative estimate of drug-likeness (QED) is 0.601. The standard InChI is InChI=1S/C9H9ClF/c1-7(6-10)8-3-2-4-9(11)5-8/h2-5H,6H2,1H3. The summed E-state index contributed by atoms with van der Waals surface area (Å²) in [5.41, 5.74) is 0.875. The number of alkyl halides is 1. The molecule has 0 spiro atoms. The summed E-state index contributed by atoms with van der Waals surface area (Å²) >= 11 is 5.58. The Hall–Kier alpha value is -0.560. The highest BCUT2D eigenvalue weighted by molar-refractivity contribution is 6.19. The van der Waals surface area contributed by atoms with E-state index in [9.17, 15) is 4.39 Å². The molecular formula is C9H9ClF. The first kappa shape index (κ1) is 8.54. The van der Waals surface area contributed by atoms with Crippen molar-refractivity contribution in [2.45, 2.75) is 6.92 Å². The lowest BCUT2D eigenvalue weighted by molar-refractivity contribution is 0.626. The van der Waals surface area contributed by atoms with Gasteiger partial charge in [0.1, 0.15) is 5.82 Å². The molecule has 0 saturated carbocycles. The third-order valence-corrected chi connectivity index (χ3v) is 1.92. The van der Waals surface area contributed by atoms with Crippen molar-refractivity contribution in [3.63, 3.8) is 0 Å². The molecule has 0 nitrogen and oxygen atoms in total. The van der Waals surface area contributed by atoms with Crippen molar-refractivity contribution in [1.82, 2.24) is 0 Å². The second-order valence-corrected chi connectivity index (χ2v) is 2.69. The van der Waals surface area contributed by atoms with Crippen molar-refractivity contribution in [3.05, 3.63) is 41.6 Å². The lowest BCUT2D eigenvalue weighted by atomic mass is 10.0. The maximum absolute atomic E-state index is 12.6. The summed E-state index contributed by atoms with van der Waals surface area (Å²) in [5.74, 6) is 1.22. The normalized spacial score (nSPS) is 10.5. The van der Waals surface area contributed by atoms with E-state index in [1.165, 1.54) is 12.1 Å². The minimum atomic E-state index is -0.216.